The molecule has 0 aliphatic heterocycles. The fraction of sp³-hybridized carbons (Fsp3) is 0.250. The van der Waals surface area contributed by atoms with Crippen molar-refractivity contribution >= 4 is 0 Å². The normalized spacial score (nSPS) is 9.62. The predicted molar refractivity (Wildman–Crippen MR) is 26.0 cm³/mol. The fourth-order valence-corrected chi connectivity index (χ4v) is 0.433. The van der Waals surface area contributed by atoms with Crippen molar-refractivity contribution < 1.29 is 10.1 Å². The van der Waals surface area contributed by atoms with E-state index in [-0.39, 0.29) is 6.61 Å². The molecule has 1 aromatic heterocycles. The summed E-state index contributed by atoms with van der Waals surface area (Å²) in [6, 6.07) is 0. The second-order valence-corrected chi connectivity index (χ2v) is 1.35. The molecule has 0 aromatic carbocycles. The van der Waals surface area contributed by atoms with Gasteiger partial charge >= 0.3 is 0 Å². The maximum Gasteiger partial charge on any atom is 0.123 e. The molecule has 0 bridgehead atoms. The predicted octanol–water partition coefficient (Wildman–Crippen LogP) is 0.399. The molecule has 0 aliphatic rings. The van der Waals surface area contributed by atoms with Gasteiger partial charge in [0.05, 0.1) is 18.2 Å². The van der Waals surface area contributed by atoms with Crippen LogP contribution in [0.4, 0.5) is 0 Å². The molecule has 0 unspecified atom stereocenters. The van der Waals surface area contributed by atoms with Crippen LogP contribution in [-0.4, -0.2) is 15.2 Å². The van der Waals surface area contributed by atoms with Gasteiger partial charge in [-0.1, -0.05) is 0 Å². The van der Waals surface area contributed by atoms with Crippen LogP contribution >= 0.6 is 0 Å². The lowest BCUT2D eigenvalue weighted by Gasteiger charge is -1.86. The minimum Gasteiger partial charge on any atom is -0.346 e. The molecular weight excluding hydrogens is 108 g/mol. The highest BCUT2D eigenvalue weighted by Crippen LogP contribution is 1.90. The van der Waals surface area contributed by atoms with Gasteiger partial charge in [-0.15, -0.1) is 0 Å². The topological polar surface area (TPSA) is 58.1 Å². The average molecular weight is 114 g/mol. The first-order valence-corrected chi connectivity index (χ1v) is 2.17. The van der Waals surface area contributed by atoms with E-state index in [1.807, 2.05) is 0 Å². The Morgan fingerprint density at radius 1 is 1.88 bits per heavy atom. The SMILES string of the molecule is OOCc1cnc[nH]1. The summed E-state index contributed by atoms with van der Waals surface area (Å²) < 4.78 is 0. The zero-order valence-electron chi connectivity index (χ0n) is 4.16. The van der Waals surface area contributed by atoms with Crippen molar-refractivity contribution in [3.05, 3.63) is 18.2 Å². The van der Waals surface area contributed by atoms with Crippen molar-refractivity contribution in [3.63, 3.8) is 0 Å². The molecule has 0 atom stereocenters. The first-order chi connectivity index (χ1) is 3.93. The summed E-state index contributed by atoms with van der Waals surface area (Å²) in [7, 11) is 0. The third-order valence-corrected chi connectivity index (χ3v) is 0.775. The Balaban J connectivity index is 2.50. The van der Waals surface area contributed by atoms with E-state index in [0.717, 1.165) is 5.69 Å². The van der Waals surface area contributed by atoms with E-state index in [9.17, 15) is 0 Å². The zero-order valence-corrected chi connectivity index (χ0v) is 4.16. The van der Waals surface area contributed by atoms with E-state index < -0.39 is 0 Å². The molecule has 0 saturated carbocycles. The fourth-order valence-electron chi connectivity index (χ4n) is 0.433. The molecule has 0 saturated heterocycles. The third kappa shape index (κ3) is 1.05. The lowest BCUT2D eigenvalue weighted by atomic mass is 10.5. The van der Waals surface area contributed by atoms with Crippen LogP contribution in [-0.2, 0) is 11.5 Å². The first kappa shape index (κ1) is 5.27. The molecule has 0 radical (unpaired) electrons. The van der Waals surface area contributed by atoms with Crippen molar-refractivity contribution in [1.82, 2.24) is 9.97 Å². The molecule has 4 nitrogen and oxygen atoms in total. The highest BCUT2D eigenvalue weighted by Gasteiger charge is 1.88. The van der Waals surface area contributed by atoms with E-state index in [0.29, 0.717) is 0 Å². The zero-order chi connectivity index (χ0) is 5.82. The minimum atomic E-state index is 0.167. The van der Waals surface area contributed by atoms with Crippen LogP contribution in [0.25, 0.3) is 0 Å². The largest absolute Gasteiger partial charge is 0.346 e. The van der Waals surface area contributed by atoms with Gasteiger partial charge in [-0.25, -0.2) is 9.87 Å². The maximum absolute atomic E-state index is 7.89. The van der Waals surface area contributed by atoms with Crippen LogP contribution in [0.3, 0.4) is 0 Å². The number of nitrogens with one attached hydrogen (secondary N) is 1. The summed E-state index contributed by atoms with van der Waals surface area (Å²) in [5.74, 6) is 0. The van der Waals surface area contributed by atoms with Crippen molar-refractivity contribution in [2.75, 3.05) is 0 Å². The molecule has 8 heavy (non-hydrogen) atoms. The molecule has 44 valence electrons. The van der Waals surface area contributed by atoms with Crippen LogP contribution in [0.2, 0.25) is 0 Å². The number of aromatic nitrogens is 2. The van der Waals surface area contributed by atoms with Crippen molar-refractivity contribution in [2.45, 2.75) is 6.61 Å². The number of aromatic amines is 1. The third-order valence-electron chi connectivity index (χ3n) is 0.775. The van der Waals surface area contributed by atoms with E-state index in [4.69, 9.17) is 5.26 Å². The molecule has 0 aliphatic carbocycles. The Kier molecular flexibility index (Phi) is 1.61. The van der Waals surface area contributed by atoms with Gasteiger partial charge in [-0.2, -0.15) is 0 Å². The van der Waals surface area contributed by atoms with Crippen LogP contribution in [0.1, 0.15) is 5.69 Å². The molecule has 1 rings (SSSR count). The number of hydrogen-bond donors (Lipinski definition) is 2. The lowest BCUT2D eigenvalue weighted by Crippen LogP contribution is -1.85. The molecule has 2 N–H and O–H groups in total. The van der Waals surface area contributed by atoms with Gasteiger partial charge in [0.1, 0.15) is 6.61 Å². The van der Waals surface area contributed by atoms with Crippen LogP contribution in [0.15, 0.2) is 12.5 Å². The molecule has 1 heterocycles. The Hall–Kier alpha value is -0.870. The molecule has 0 spiro atoms. The van der Waals surface area contributed by atoms with Gasteiger partial charge < -0.3 is 4.98 Å². The number of rotatable bonds is 2. The summed E-state index contributed by atoms with van der Waals surface area (Å²) in [5.41, 5.74) is 0.757. The average Bonchev–Trinajstić information content (AvgIpc) is 2.19. The number of nitrogens with zero attached hydrogens (tertiary/aromatic N) is 1. The Morgan fingerprint density at radius 3 is 3.25 bits per heavy atom. The van der Waals surface area contributed by atoms with E-state index in [1.165, 1.54) is 6.33 Å². The number of hydrogen-bond acceptors (Lipinski definition) is 3. The van der Waals surface area contributed by atoms with Gasteiger partial charge in [0.15, 0.2) is 0 Å². The van der Waals surface area contributed by atoms with Crippen LogP contribution in [0, 0.1) is 0 Å². The van der Waals surface area contributed by atoms with Crippen LogP contribution < -0.4 is 0 Å². The smallest absolute Gasteiger partial charge is 0.123 e. The monoisotopic (exact) mass is 114 g/mol. The highest BCUT2D eigenvalue weighted by atomic mass is 17.1. The highest BCUT2D eigenvalue weighted by molar-refractivity contribution is 4.90. The summed E-state index contributed by atoms with van der Waals surface area (Å²) in [4.78, 5) is 10.3. The Labute approximate surface area is 46.1 Å². The molecular formula is C4H6N2O2. The number of imidazole rings is 1. The van der Waals surface area contributed by atoms with Gasteiger partial charge in [0.25, 0.3) is 0 Å². The van der Waals surface area contributed by atoms with Gasteiger partial charge in [-0.3, -0.25) is 5.26 Å². The first-order valence-electron chi connectivity index (χ1n) is 2.17. The second kappa shape index (κ2) is 2.44. The minimum absolute atomic E-state index is 0.167. The summed E-state index contributed by atoms with van der Waals surface area (Å²) in [6.07, 6.45) is 3.10. The second-order valence-electron chi connectivity index (χ2n) is 1.35. The molecule has 0 fully saturated rings. The summed E-state index contributed by atoms with van der Waals surface area (Å²) in [5, 5.41) is 7.89. The van der Waals surface area contributed by atoms with Gasteiger partial charge in [0.2, 0.25) is 0 Å². The van der Waals surface area contributed by atoms with Crippen molar-refractivity contribution in [3.8, 4) is 0 Å². The molecule has 4 heteroatoms. The lowest BCUT2D eigenvalue weighted by molar-refractivity contribution is -0.253. The van der Waals surface area contributed by atoms with Crippen LogP contribution in [0.5, 0.6) is 0 Å². The summed E-state index contributed by atoms with van der Waals surface area (Å²) >= 11 is 0. The van der Waals surface area contributed by atoms with E-state index in [2.05, 4.69) is 14.9 Å². The maximum atomic E-state index is 7.89. The standard InChI is InChI=1S/C4H6N2O2/c7-8-2-4-1-5-3-6-4/h1,3,7H,2H2,(H,5,6). The quantitative estimate of drug-likeness (QED) is 0.432. The number of H-pyrrole nitrogens is 1. The Bertz CT molecular complexity index is 138. The van der Waals surface area contributed by atoms with Gasteiger partial charge in [-0.05, 0) is 0 Å². The molecule has 1 aromatic rings. The van der Waals surface area contributed by atoms with Crippen molar-refractivity contribution in [1.29, 1.82) is 0 Å². The Morgan fingerprint density at radius 2 is 2.75 bits per heavy atom. The van der Waals surface area contributed by atoms with Gasteiger partial charge in [0, 0.05) is 0 Å². The van der Waals surface area contributed by atoms with E-state index >= 15 is 0 Å². The van der Waals surface area contributed by atoms with Crippen molar-refractivity contribution in [2.24, 2.45) is 0 Å². The summed E-state index contributed by atoms with van der Waals surface area (Å²) in [6.45, 7) is 0.167. The molecule has 0 amide bonds. The van der Waals surface area contributed by atoms with E-state index in [1.54, 1.807) is 6.20 Å².